The van der Waals surface area contributed by atoms with Crippen molar-refractivity contribution in [2.75, 3.05) is 13.7 Å². The predicted molar refractivity (Wildman–Crippen MR) is 58.4 cm³/mol. The smallest absolute Gasteiger partial charge is 0.337 e. The van der Waals surface area contributed by atoms with Crippen LogP contribution in [-0.4, -0.2) is 19.7 Å². The number of rotatable bonds is 4. The highest BCUT2D eigenvalue weighted by Gasteiger charge is 2.02. The Hall–Kier alpha value is -1.77. The van der Waals surface area contributed by atoms with Gasteiger partial charge in [-0.3, -0.25) is 0 Å². The Kier molecular flexibility index (Phi) is 4.41. The highest BCUT2D eigenvalue weighted by atomic mass is 16.5. The van der Waals surface area contributed by atoms with Crippen LogP contribution < -0.4 is 0 Å². The summed E-state index contributed by atoms with van der Waals surface area (Å²) in [6.45, 7) is 2.57. The molecule has 0 radical (unpaired) electrons. The fraction of sp³-hybridized carbons (Fsp3) is 0.250. The minimum atomic E-state index is -0.324. The van der Waals surface area contributed by atoms with Gasteiger partial charge >= 0.3 is 5.97 Å². The first kappa shape index (κ1) is 11.3. The number of methoxy groups -OCH3 is 1. The van der Waals surface area contributed by atoms with Crippen LogP contribution in [0.2, 0.25) is 0 Å². The molecule has 80 valence electrons. The van der Waals surface area contributed by atoms with Crippen molar-refractivity contribution in [2.45, 2.75) is 6.92 Å². The first-order chi connectivity index (χ1) is 7.27. The van der Waals surface area contributed by atoms with E-state index in [9.17, 15) is 4.79 Å². The first-order valence-electron chi connectivity index (χ1n) is 4.74. The van der Waals surface area contributed by atoms with Crippen molar-refractivity contribution in [1.82, 2.24) is 0 Å². The maximum Gasteiger partial charge on any atom is 0.337 e. The van der Waals surface area contributed by atoms with Crippen LogP contribution in [0.15, 0.2) is 30.5 Å². The average Bonchev–Trinajstić information content (AvgIpc) is 2.29. The Balaban J connectivity index is 2.68. The zero-order chi connectivity index (χ0) is 11.1. The molecule has 0 heterocycles. The van der Waals surface area contributed by atoms with E-state index in [2.05, 4.69) is 4.74 Å². The van der Waals surface area contributed by atoms with Crippen LogP contribution in [0.5, 0.6) is 0 Å². The van der Waals surface area contributed by atoms with Gasteiger partial charge in [0.2, 0.25) is 0 Å². The van der Waals surface area contributed by atoms with E-state index in [1.165, 1.54) is 7.11 Å². The molecule has 0 unspecified atom stereocenters. The molecule has 0 saturated carbocycles. The second kappa shape index (κ2) is 5.86. The van der Waals surface area contributed by atoms with Gasteiger partial charge in [-0.25, -0.2) is 4.79 Å². The molecule has 0 atom stereocenters. The monoisotopic (exact) mass is 206 g/mol. The third-order valence-electron chi connectivity index (χ3n) is 1.86. The van der Waals surface area contributed by atoms with E-state index in [0.29, 0.717) is 12.2 Å². The fourth-order valence-electron chi connectivity index (χ4n) is 1.07. The van der Waals surface area contributed by atoms with Gasteiger partial charge in [0.05, 0.1) is 25.5 Å². The SMILES string of the molecule is CCOC=Cc1ccc(C(=O)OC)cc1. The predicted octanol–water partition coefficient (Wildman–Crippen LogP) is 2.48. The summed E-state index contributed by atoms with van der Waals surface area (Å²) in [5.41, 5.74) is 1.53. The third kappa shape index (κ3) is 3.46. The molecule has 0 saturated heterocycles. The van der Waals surface area contributed by atoms with Crippen molar-refractivity contribution < 1.29 is 14.3 Å². The van der Waals surface area contributed by atoms with Gasteiger partial charge < -0.3 is 9.47 Å². The lowest BCUT2D eigenvalue weighted by Crippen LogP contribution is -2.00. The molecule has 0 bridgehead atoms. The molecule has 0 aliphatic rings. The minimum absolute atomic E-state index is 0.324. The molecular weight excluding hydrogens is 192 g/mol. The van der Waals surface area contributed by atoms with Crippen LogP contribution in [0.4, 0.5) is 0 Å². The standard InChI is InChI=1S/C12H14O3/c1-3-15-9-8-10-4-6-11(7-5-10)12(13)14-2/h4-9H,3H2,1-2H3. The molecule has 0 N–H and O–H groups in total. The number of carbonyl (C=O) groups is 1. The lowest BCUT2D eigenvalue weighted by molar-refractivity contribution is 0.0601. The van der Waals surface area contributed by atoms with E-state index >= 15 is 0 Å². The molecule has 0 fully saturated rings. The van der Waals surface area contributed by atoms with Crippen molar-refractivity contribution in [1.29, 1.82) is 0 Å². The van der Waals surface area contributed by atoms with E-state index in [4.69, 9.17) is 4.74 Å². The zero-order valence-electron chi connectivity index (χ0n) is 8.90. The molecule has 0 amide bonds. The third-order valence-corrected chi connectivity index (χ3v) is 1.86. The van der Waals surface area contributed by atoms with E-state index in [0.717, 1.165) is 5.56 Å². The molecule has 0 aliphatic carbocycles. The molecule has 1 rings (SSSR count). The second-order valence-corrected chi connectivity index (χ2v) is 2.87. The maximum absolute atomic E-state index is 11.1. The average molecular weight is 206 g/mol. The lowest BCUT2D eigenvalue weighted by atomic mass is 10.1. The summed E-state index contributed by atoms with van der Waals surface area (Å²) in [7, 11) is 1.37. The second-order valence-electron chi connectivity index (χ2n) is 2.87. The summed E-state index contributed by atoms with van der Waals surface area (Å²) < 4.78 is 9.66. The zero-order valence-corrected chi connectivity index (χ0v) is 8.90. The van der Waals surface area contributed by atoms with Crippen LogP contribution >= 0.6 is 0 Å². The Morgan fingerprint density at radius 1 is 1.33 bits per heavy atom. The molecule has 1 aromatic rings. The number of ether oxygens (including phenoxy) is 2. The summed E-state index contributed by atoms with van der Waals surface area (Å²) in [5, 5.41) is 0. The lowest BCUT2D eigenvalue weighted by Gasteiger charge is -1.99. The molecule has 15 heavy (non-hydrogen) atoms. The number of esters is 1. The quantitative estimate of drug-likeness (QED) is 0.560. The van der Waals surface area contributed by atoms with Crippen LogP contribution in [0, 0.1) is 0 Å². The molecule has 0 aromatic heterocycles. The highest BCUT2D eigenvalue weighted by Crippen LogP contribution is 2.07. The van der Waals surface area contributed by atoms with Crippen molar-refractivity contribution in [3.8, 4) is 0 Å². The number of hydrogen-bond donors (Lipinski definition) is 0. The highest BCUT2D eigenvalue weighted by molar-refractivity contribution is 5.89. The van der Waals surface area contributed by atoms with Crippen LogP contribution in [0.3, 0.4) is 0 Å². The van der Waals surface area contributed by atoms with Gasteiger partial charge in [-0.05, 0) is 30.7 Å². The molecule has 3 nitrogen and oxygen atoms in total. The Labute approximate surface area is 89.3 Å². The van der Waals surface area contributed by atoms with Crippen molar-refractivity contribution >= 4 is 12.0 Å². The molecule has 1 aromatic carbocycles. The largest absolute Gasteiger partial charge is 0.501 e. The van der Waals surface area contributed by atoms with Crippen LogP contribution in [-0.2, 0) is 9.47 Å². The van der Waals surface area contributed by atoms with Gasteiger partial charge in [0.1, 0.15) is 0 Å². The summed E-state index contributed by atoms with van der Waals surface area (Å²) >= 11 is 0. The first-order valence-corrected chi connectivity index (χ1v) is 4.74. The summed E-state index contributed by atoms with van der Waals surface area (Å²) in [4.78, 5) is 11.1. The topological polar surface area (TPSA) is 35.5 Å². The number of hydrogen-bond acceptors (Lipinski definition) is 3. The van der Waals surface area contributed by atoms with E-state index in [-0.39, 0.29) is 5.97 Å². The summed E-state index contributed by atoms with van der Waals surface area (Å²) in [6, 6.07) is 7.11. The van der Waals surface area contributed by atoms with E-state index in [1.807, 2.05) is 25.1 Å². The van der Waals surface area contributed by atoms with Gasteiger partial charge in [-0.2, -0.15) is 0 Å². The summed E-state index contributed by atoms with van der Waals surface area (Å²) in [5.74, 6) is -0.324. The van der Waals surface area contributed by atoms with Gasteiger partial charge in [-0.15, -0.1) is 0 Å². The maximum atomic E-state index is 11.1. The molecule has 0 spiro atoms. The molecule has 0 aliphatic heterocycles. The number of benzene rings is 1. The van der Waals surface area contributed by atoms with Crippen molar-refractivity contribution in [3.05, 3.63) is 41.7 Å². The van der Waals surface area contributed by atoms with Crippen LogP contribution in [0.1, 0.15) is 22.8 Å². The minimum Gasteiger partial charge on any atom is -0.501 e. The normalized spacial score (nSPS) is 10.3. The van der Waals surface area contributed by atoms with Gasteiger partial charge in [0, 0.05) is 0 Å². The molecule has 3 heteroatoms. The van der Waals surface area contributed by atoms with Gasteiger partial charge in [0.25, 0.3) is 0 Å². The van der Waals surface area contributed by atoms with Crippen molar-refractivity contribution in [3.63, 3.8) is 0 Å². The van der Waals surface area contributed by atoms with E-state index in [1.54, 1.807) is 18.4 Å². The Morgan fingerprint density at radius 3 is 2.53 bits per heavy atom. The Bertz CT molecular complexity index is 338. The van der Waals surface area contributed by atoms with Gasteiger partial charge in [-0.1, -0.05) is 12.1 Å². The van der Waals surface area contributed by atoms with Gasteiger partial charge in [0.15, 0.2) is 0 Å². The van der Waals surface area contributed by atoms with Crippen molar-refractivity contribution in [2.24, 2.45) is 0 Å². The molecular formula is C12H14O3. The van der Waals surface area contributed by atoms with E-state index < -0.39 is 0 Å². The number of carbonyl (C=O) groups excluding carboxylic acids is 1. The fourth-order valence-corrected chi connectivity index (χ4v) is 1.07. The Morgan fingerprint density at radius 2 is 2.00 bits per heavy atom. The summed E-state index contributed by atoms with van der Waals surface area (Å²) in [6.07, 6.45) is 3.47. The van der Waals surface area contributed by atoms with Crippen LogP contribution in [0.25, 0.3) is 6.08 Å².